The maximum atomic E-state index is 13.3. The van der Waals surface area contributed by atoms with E-state index in [9.17, 15) is 19.1 Å². The lowest BCUT2D eigenvalue weighted by atomic mass is 9.90. The highest BCUT2D eigenvalue weighted by Gasteiger charge is 2.29. The molecule has 0 heterocycles. The Hall–Kier alpha value is -3.09. The molecule has 3 N–H and O–H groups in total. The summed E-state index contributed by atoms with van der Waals surface area (Å²) in [5.74, 6) is -0.589. The molecule has 0 aromatic heterocycles. The molecule has 0 saturated heterocycles. The quantitative estimate of drug-likeness (QED) is 0.423. The van der Waals surface area contributed by atoms with Crippen molar-refractivity contribution in [3.05, 3.63) is 65.5 Å². The molecule has 2 aromatic carbocycles. The molecule has 1 unspecified atom stereocenters. The summed E-state index contributed by atoms with van der Waals surface area (Å²) in [7, 11) is 0. The van der Waals surface area contributed by atoms with E-state index in [1.807, 2.05) is 24.3 Å². The van der Waals surface area contributed by atoms with Crippen molar-refractivity contribution in [1.29, 1.82) is 0 Å². The summed E-state index contributed by atoms with van der Waals surface area (Å²) in [5.41, 5.74) is 6.38. The lowest BCUT2D eigenvalue weighted by Gasteiger charge is -2.24. The first-order valence-electron chi connectivity index (χ1n) is 11.4. The van der Waals surface area contributed by atoms with Gasteiger partial charge in [0.15, 0.2) is 5.60 Å². The average molecular weight is 459 g/mol. The number of hydrogen-bond acceptors (Lipinski definition) is 3. The van der Waals surface area contributed by atoms with Crippen LogP contribution in [-0.4, -0.2) is 40.7 Å². The van der Waals surface area contributed by atoms with Gasteiger partial charge in [-0.3, -0.25) is 0 Å². The van der Waals surface area contributed by atoms with Crippen LogP contribution < -0.4 is 10.5 Å². The largest absolute Gasteiger partial charge is 0.478 e. The third-order valence-corrected chi connectivity index (χ3v) is 5.79. The van der Waals surface area contributed by atoms with Gasteiger partial charge >= 0.3 is 12.0 Å². The van der Waals surface area contributed by atoms with Gasteiger partial charge in [0, 0.05) is 13.1 Å². The Kier molecular flexibility index (Phi) is 9.70. The molecule has 0 bridgehead atoms. The number of carbonyl (C=O) groups excluding carboxylic acids is 1. The molecule has 0 radical (unpaired) electrons. The van der Waals surface area contributed by atoms with E-state index in [2.05, 4.69) is 6.92 Å². The molecule has 0 fully saturated rings. The summed E-state index contributed by atoms with van der Waals surface area (Å²) in [5, 5.41) is 9.19. The minimum atomic E-state index is -1.32. The van der Waals surface area contributed by atoms with Crippen LogP contribution in [0.3, 0.4) is 0 Å². The summed E-state index contributed by atoms with van der Waals surface area (Å²) in [4.78, 5) is 24.9. The summed E-state index contributed by atoms with van der Waals surface area (Å²) >= 11 is 0. The van der Waals surface area contributed by atoms with E-state index in [0.717, 1.165) is 36.8 Å². The number of benzene rings is 2. The number of amides is 2. The number of ether oxygens (including phenoxy) is 1. The molecule has 0 aliphatic carbocycles. The second-order valence-electron chi connectivity index (χ2n) is 8.82. The van der Waals surface area contributed by atoms with Crippen molar-refractivity contribution in [3.63, 3.8) is 0 Å². The molecule has 2 aromatic rings. The van der Waals surface area contributed by atoms with Gasteiger partial charge in [-0.1, -0.05) is 44.0 Å². The molecular weight excluding hydrogens is 423 g/mol. The zero-order chi connectivity index (χ0) is 24.4. The van der Waals surface area contributed by atoms with Crippen molar-refractivity contribution in [3.8, 4) is 5.75 Å². The number of aliphatic carboxylic acids is 1. The number of nitrogens with zero attached hydrogens (tertiary/aromatic N) is 1. The molecule has 33 heavy (non-hydrogen) atoms. The Morgan fingerprint density at radius 3 is 2.24 bits per heavy atom. The number of primary amides is 1. The number of unbranched alkanes of at least 4 members (excludes halogenated alkanes) is 1. The first kappa shape index (κ1) is 26.2. The predicted octanol–water partition coefficient (Wildman–Crippen LogP) is 5.36. The van der Waals surface area contributed by atoms with Crippen molar-refractivity contribution in [2.24, 2.45) is 5.73 Å². The summed E-state index contributed by atoms with van der Waals surface area (Å²) in [6, 6.07) is 13.3. The Balaban J connectivity index is 1.96. The molecule has 180 valence electrons. The Morgan fingerprint density at radius 2 is 1.70 bits per heavy atom. The number of carboxylic acids is 1. The van der Waals surface area contributed by atoms with E-state index in [1.54, 1.807) is 17.0 Å². The molecule has 2 amide bonds. The highest BCUT2D eigenvalue weighted by molar-refractivity contribution is 5.76. The van der Waals surface area contributed by atoms with Crippen LogP contribution in [0.25, 0.3) is 0 Å². The molecule has 7 heteroatoms. The summed E-state index contributed by atoms with van der Waals surface area (Å²) in [6.07, 6.45) is 4.47. The number of carbonyl (C=O) groups is 2. The molecule has 6 nitrogen and oxygen atoms in total. The molecule has 2 rings (SSSR count). The van der Waals surface area contributed by atoms with Crippen LogP contribution in [0.5, 0.6) is 5.75 Å². The fourth-order valence-electron chi connectivity index (χ4n) is 3.63. The van der Waals surface area contributed by atoms with Gasteiger partial charge in [0.2, 0.25) is 0 Å². The van der Waals surface area contributed by atoms with Crippen molar-refractivity contribution < 1.29 is 23.8 Å². The number of carboxylic acid groups (broad SMARTS) is 1. The van der Waals surface area contributed by atoms with Crippen LogP contribution in [0, 0.1) is 5.82 Å². The second-order valence-corrected chi connectivity index (χ2v) is 8.82. The monoisotopic (exact) mass is 458 g/mol. The molecule has 0 spiro atoms. The van der Waals surface area contributed by atoms with E-state index in [4.69, 9.17) is 10.5 Å². The highest BCUT2D eigenvalue weighted by atomic mass is 19.1. The van der Waals surface area contributed by atoms with Crippen LogP contribution >= 0.6 is 0 Å². The lowest BCUT2D eigenvalue weighted by molar-refractivity contribution is -0.152. The topological polar surface area (TPSA) is 92.9 Å². The van der Waals surface area contributed by atoms with Crippen molar-refractivity contribution in [1.82, 2.24) is 4.90 Å². The van der Waals surface area contributed by atoms with Gasteiger partial charge in [-0.25, -0.2) is 14.0 Å². The van der Waals surface area contributed by atoms with Gasteiger partial charge in [-0.15, -0.1) is 0 Å². The third-order valence-electron chi connectivity index (χ3n) is 5.79. The van der Waals surface area contributed by atoms with Crippen LogP contribution in [0.1, 0.15) is 63.5 Å². The summed E-state index contributed by atoms with van der Waals surface area (Å²) in [6.45, 7) is 6.12. The Bertz CT molecular complexity index is 898. The van der Waals surface area contributed by atoms with Gasteiger partial charge in [-0.05, 0) is 74.4 Å². The number of urea groups is 1. The van der Waals surface area contributed by atoms with Gasteiger partial charge in [0.05, 0.1) is 0 Å². The zero-order valence-electron chi connectivity index (χ0n) is 19.7. The van der Waals surface area contributed by atoms with Crippen LogP contribution in [0.4, 0.5) is 9.18 Å². The van der Waals surface area contributed by atoms with E-state index in [1.165, 1.54) is 26.0 Å². The first-order valence-corrected chi connectivity index (χ1v) is 11.4. The standard InChI is InChI=1S/C26H35FN2O4/c1-4-5-6-20(21-9-11-22(27)12-10-21)16-18-29(25(28)32)17-15-19-7-13-23(14-8-19)33-26(2,3)24(30)31/h7-14,20H,4-6,15-18H2,1-3H3,(H2,28,32)(H,30,31). The highest BCUT2D eigenvalue weighted by Crippen LogP contribution is 2.26. The SMILES string of the molecule is CCCCC(CCN(CCc1ccc(OC(C)(C)C(=O)O)cc1)C(N)=O)c1ccc(F)cc1. The third kappa shape index (κ3) is 8.40. The van der Waals surface area contributed by atoms with E-state index >= 15 is 0 Å². The van der Waals surface area contributed by atoms with Crippen LogP contribution in [-0.2, 0) is 11.2 Å². The van der Waals surface area contributed by atoms with E-state index < -0.39 is 17.6 Å². The van der Waals surface area contributed by atoms with Gasteiger partial charge < -0.3 is 20.5 Å². The Morgan fingerprint density at radius 1 is 1.06 bits per heavy atom. The van der Waals surface area contributed by atoms with Crippen molar-refractivity contribution >= 4 is 12.0 Å². The van der Waals surface area contributed by atoms with Gasteiger partial charge in [-0.2, -0.15) is 0 Å². The van der Waals surface area contributed by atoms with Crippen molar-refractivity contribution in [2.45, 2.75) is 64.4 Å². The average Bonchev–Trinajstić information content (AvgIpc) is 2.77. The maximum Gasteiger partial charge on any atom is 0.347 e. The number of hydrogen-bond donors (Lipinski definition) is 2. The zero-order valence-corrected chi connectivity index (χ0v) is 19.7. The van der Waals surface area contributed by atoms with Crippen LogP contribution in [0.2, 0.25) is 0 Å². The molecule has 1 atom stereocenters. The second kappa shape index (κ2) is 12.2. The fraction of sp³-hybridized carbons (Fsp3) is 0.462. The number of rotatable bonds is 13. The van der Waals surface area contributed by atoms with Gasteiger partial charge in [0.25, 0.3) is 0 Å². The predicted molar refractivity (Wildman–Crippen MR) is 127 cm³/mol. The maximum absolute atomic E-state index is 13.3. The number of nitrogens with two attached hydrogens (primary N) is 1. The van der Waals surface area contributed by atoms with Gasteiger partial charge in [0.1, 0.15) is 11.6 Å². The lowest BCUT2D eigenvalue weighted by Crippen LogP contribution is -2.38. The molecule has 0 aliphatic rings. The van der Waals surface area contributed by atoms with E-state index in [-0.39, 0.29) is 11.7 Å². The minimum absolute atomic E-state index is 0.237. The van der Waals surface area contributed by atoms with Crippen LogP contribution in [0.15, 0.2) is 48.5 Å². The number of halogens is 1. The smallest absolute Gasteiger partial charge is 0.347 e. The Labute approximate surface area is 195 Å². The summed E-state index contributed by atoms with van der Waals surface area (Å²) < 4.78 is 18.8. The minimum Gasteiger partial charge on any atom is -0.478 e. The molecule has 0 aliphatic heterocycles. The van der Waals surface area contributed by atoms with E-state index in [0.29, 0.717) is 25.3 Å². The molecule has 0 saturated carbocycles. The van der Waals surface area contributed by atoms with Crippen molar-refractivity contribution in [2.75, 3.05) is 13.1 Å². The molecular formula is C26H35FN2O4. The normalized spacial score (nSPS) is 12.2. The first-order chi connectivity index (χ1) is 15.6. The fourth-order valence-corrected chi connectivity index (χ4v) is 3.63.